The van der Waals surface area contributed by atoms with E-state index in [1.165, 1.54) is 116 Å². The normalized spacial score (nSPS) is 26.4. The molecule has 0 bridgehead atoms. The molecule has 14 nitrogen and oxygen atoms in total. The largest absolute Gasteiger partial charge is 0.394 e. The highest BCUT2D eigenvalue weighted by molar-refractivity contribution is 5.76. The first kappa shape index (κ1) is 63.3. The lowest BCUT2D eigenvalue weighted by Crippen LogP contribution is -2.65. The van der Waals surface area contributed by atoms with Crippen molar-refractivity contribution < 1.29 is 64.6 Å². The lowest BCUT2D eigenvalue weighted by Gasteiger charge is -2.46. The molecule has 2 aliphatic rings. The topological polar surface area (TPSA) is 228 Å². The van der Waals surface area contributed by atoms with Gasteiger partial charge in [-0.2, -0.15) is 0 Å². The monoisotopic (exact) mass is 984 g/mol. The van der Waals surface area contributed by atoms with E-state index in [0.29, 0.717) is 12.8 Å². The van der Waals surface area contributed by atoms with Crippen LogP contribution >= 0.6 is 0 Å². The SMILES string of the molecule is CCCCCCC/C=C\C/C=C\C/C=C\CCCCCCCCCCCCC(=O)NC(COC1OC(CO)C(OC2OC(CO)C(O)C(O)C2O)C(O)C1O)C(O)CCCCCCCCCCCC. The summed E-state index contributed by atoms with van der Waals surface area (Å²) in [6.07, 6.45) is 31.5. The van der Waals surface area contributed by atoms with Crippen LogP contribution in [0.3, 0.4) is 0 Å². The predicted molar refractivity (Wildman–Crippen MR) is 272 cm³/mol. The summed E-state index contributed by atoms with van der Waals surface area (Å²) >= 11 is 0. The van der Waals surface area contributed by atoms with Gasteiger partial charge in [0, 0.05) is 6.42 Å². The first-order chi connectivity index (χ1) is 33.6. The van der Waals surface area contributed by atoms with Gasteiger partial charge in [-0.25, -0.2) is 0 Å². The van der Waals surface area contributed by atoms with Crippen molar-refractivity contribution in [2.45, 2.75) is 286 Å². The van der Waals surface area contributed by atoms with E-state index in [2.05, 4.69) is 55.6 Å². The lowest BCUT2D eigenvalue weighted by atomic mass is 9.97. The molecule has 404 valence electrons. The molecule has 0 spiro atoms. The van der Waals surface area contributed by atoms with Gasteiger partial charge in [-0.3, -0.25) is 4.79 Å². The molecule has 0 aromatic rings. The maximum absolute atomic E-state index is 13.2. The van der Waals surface area contributed by atoms with E-state index in [-0.39, 0.29) is 12.5 Å². The number of rotatable bonds is 43. The van der Waals surface area contributed by atoms with Crippen LogP contribution in [-0.2, 0) is 23.7 Å². The van der Waals surface area contributed by atoms with Gasteiger partial charge in [0.15, 0.2) is 12.6 Å². The molecule has 12 atom stereocenters. The summed E-state index contributed by atoms with van der Waals surface area (Å²) in [5.74, 6) is -0.213. The molecule has 2 heterocycles. The molecule has 2 aliphatic heterocycles. The van der Waals surface area contributed by atoms with Gasteiger partial charge in [-0.05, 0) is 51.4 Å². The number of allylic oxidation sites excluding steroid dienone is 6. The third-order valence-corrected chi connectivity index (χ3v) is 13.6. The highest BCUT2D eigenvalue weighted by Gasteiger charge is 2.51. The molecule has 1 amide bonds. The van der Waals surface area contributed by atoms with Crippen molar-refractivity contribution in [3.05, 3.63) is 36.5 Å². The average molecular weight is 984 g/mol. The molecule has 0 radical (unpaired) electrons. The van der Waals surface area contributed by atoms with E-state index in [0.717, 1.165) is 70.6 Å². The molecule has 0 saturated carbocycles. The zero-order valence-corrected chi connectivity index (χ0v) is 43.1. The number of hydrogen-bond acceptors (Lipinski definition) is 13. The summed E-state index contributed by atoms with van der Waals surface area (Å²) in [7, 11) is 0. The summed E-state index contributed by atoms with van der Waals surface area (Å²) in [4.78, 5) is 13.2. The van der Waals surface area contributed by atoms with Crippen LogP contribution in [0.25, 0.3) is 0 Å². The van der Waals surface area contributed by atoms with E-state index in [1.807, 2.05) is 0 Å². The maximum Gasteiger partial charge on any atom is 0.220 e. The zero-order valence-electron chi connectivity index (χ0n) is 43.1. The fraction of sp³-hybridized carbons (Fsp3) is 0.873. The summed E-state index contributed by atoms with van der Waals surface area (Å²) in [5, 5.41) is 86.9. The van der Waals surface area contributed by atoms with Crippen LogP contribution in [0.2, 0.25) is 0 Å². The van der Waals surface area contributed by atoms with Crippen LogP contribution in [0, 0.1) is 0 Å². The summed E-state index contributed by atoms with van der Waals surface area (Å²) < 4.78 is 22.7. The number of amides is 1. The Kier molecular flexibility index (Phi) is 38.2. The molecular formula is C55H101NO13. The molecule has 69 heavy (non-hydrogen) atoms. The fourth-order valence-corrected chi connectivity index (χ4v) is 9.07. The summed E-state index contributed by atoms with van der Waals surface area (Å²) in [5.41, 5.74) is 0. The molecule has 9 N–H and O–H groups in total. The van der Waals surface area contributed by atoms with Crippen LogP contribution in [0.5, 0.6) is 0 Å². The first-order valence-corrected chi connectivity index (χ1v) is 27.7. The van der Waals surface area contributed by atoms with E-state index < -0.39 is 86.8 Å². The van der Waals surface area contributed by atoms with E-state index in [1.54, 1.807) is 0 Å². The van der Waals surface area contributed by atoms with Crippen molar-refractivity contribution in [3.8, 4) is 0 Å². The van der Waals surface area contributed by atoms with E-state index in [9.17, 15) is 45.6 Å². The van der Waals surface area contributed by atoms with Crippen molar-refractivity contribution >= 4 is 5.91 Å². The van der Waals surface area contributed by atoms with Gasteiger partial charge in [0.2, 0.25) is 5.91 Å². The molecule has 14 heteroatoms. The molecule has 2 rings (SSSR count). The Morgan fingerprint density at radius 3 is 1.46 bits per heavy atom. The number of carbonyl (C=O) groups is 1. The number of aliphatic hydroxyl groups excluding tert-OH is 8. The zero-order chi connectivity index (χ0) is 50.3. The standard InChI is InChI=1S/C55H101NO13/c1-3-5-7-9-11-13-15-16-17-18-19-20-21-22-23-24-25-26-27-28-29-31-33-35-37-39-47(60)56-43(44(59)38-36-34-32-30-14-12-10-8-6-4-2)42-66-54-52(65)50(63)53(46(41-58)68-54)69-55-51(64)49(62)48(61)45(40-57)67-55/h15-16,18-19,21-22,43-46,48-55,57-59,61-65H,3-14,17,20,23-42H2,1-2H3,(H,56,60)/b16-15-,19-18-,22-21-. The van der Waals surface area contributed by atoms with Crippen LogP contribution in [0.1, 0.15) is 213 Å². The number of nitrogens with one attached hydrogen (secondary N) is 1. The number of aliphatic hydroxyl groups is 8. The van der Waals surface area contributed by atoms with E-state index in [4.69, 9.17) is 18.9 Å². The van der Waals surface area contributed by atoms with E-state index >= 15 is 0 Å². The molecular weight excluding hydrogens is 883 g/mol. The van der Waals surface area contributed by atoms with Gasteiger partial charge in [0.05, 0.1) is 32.0 Å². The molecule has 0 aromatic heterocycles. The predicted octanol–water partition coefficient (Wildman–Crippen LogP) is 8.27. The van der Waals surface area contributed by atoms with Crippen molar-refractivity contribution in [1.82, 2.24) is 5.32 Å². The number of unbranched alkanes of at least 4 members (excludes halogenated alkanes) is 24. The third-order valence-electron chi connectivity index (χ3n) is 13.6. The Hall–Kier alpha value is -1.79. The van der Waals surface area contributed by atoms with Crippen LogP contribution in [0.15, 0.2) is 36.5 Å². The maximum atomic E-state index is 13.2. The van der Waals surface area contributed by atoms with Gasteiger partial charge in [0.25, 0.3) is 0 Å². The second-order valence-electron chi connectivity index (χ2n) is 19.7. The quantitative estimate of drug-likeness (QED) is 0.0207. The van der Waals surface area contributed by atoms with Crippen LogP contribution < -0.4 is 5.32 Å². The minimum atomic E-state index is -1.78. The highest BCUT2D eigenvalue weighted by atomic mass is 16.7. The summed E-state index contributed by atoms with van der Waals surface area (Å²) in [6.45, 7) is 2.82. The van der Waals surface area contributed by atoms with Crippen molar-refractivity contribution in [2.24, 2.45) is 0 Å². The van der Waals surface area contributed by atoms with Gasteiger partial charge >= 0.3 is 0 Å². The van der Waals surface area contributed by atoms with Gasteiger partial charge in [-0.1, -0.05) is 192 Å². The van der Waals surface area contributed by atoms with Crippen molar-refractivity contribution in [3.63, 3.8) is 0 Å². The Labute approximate surface area is 417 Å². The summed E-state index contributed by atoms with van der Waals surface area (Å²) in [6, 6.07) is -0.829. The molecule has 0 aliphatic carbocycles. The molecule has 12 unspecified atom stereocenters. The minimum absolute atomic E-state index is 0.213. The fourth-order valence-electron chi connectivity index (χ4n) is 9.07. The Morgan fingerprint density at radius 2 is 0.957 bits per heavy atom. The van der Waals surface area contributed by atoms with Gasteiger partial charge < -0.3 is 65.1 Å². The number of carbonyl (C=O) groups excluding carboxylic acids is 1. The highest BCUT2D eigenvalue weighted by Crippen LogP contribution is 2.30. The average Bonchev–Trinajstić information content (AvgIpc) is 3.35. The van der Waals surface area contributed by atoms with Gasteiger partial charge in [0.1, 0.15) is 48.8 Å². The Balaban J connectivity index is 1.72. The Morgan fingerprint density at radius 1 is 0.522 bits per heavy atom. The molecule has 0 aromatic carbocycles. The number of hydrogen-bond donors (Lipinski definition) is 9. The number of ether oxygens (including phenoxy) is 4. The molecule has 2 fully saturated rings. The van der Waals surface area contributed by atoms with Crippen LogP contribution in [-0.4, -0.2) is 140 Å². The van der Waals surface area contributed by atoms with Crippen molar-refractivity contribution in [2.75, 3.05) is 19.8 Å². The van der Waals surface area contributed by atoms with Crippen molar-refractivity contribution in [1.29, 1.82) is 0 Å². The van der Waals surface area contributed by atoms with Gasteiger partial charge in [-0.15, -0.1) is 0 Å². The second kappa shape index (κ2) is 41.7. The second-order valence-corrected chi connectivity index (χ2v) is 19.7. The van der Waals surface area contributed by atoms with Crippen LogP contribution in [0.4, 0.5) is 0 Å². The smallest absolute Gasteiger partial charge is 0.220 e. The first-order valence-electron chi connectivity index (χ1n) is 27.7. The lowest BCUT2D eigenvalue weighted by molar-refractivity contribution is -0.359. The Bertz CT molecular complexity index is 1300. The molecule has 2 saturated heterocycles. The third kappa shape index (κ3) is 28.3. The minimum Gasteiger partial charge on any atom is -0.394 e.